The van der Waals surface area contributed by atoms with Crippen molar-refractivity contribution in [1.29, 1.82) is 0 Å². The summed E-state index contributed by atoms with van der Waals surface area (Å²) in [5.74, 6) is 0.791. The molecule has 1 aromatic carbocycles. The van der Waals surface area contributed by atoms with Crippen LogP contribution in [-0.2, 0) is 10.0 Å². The monoisotopic (exact) mass is 349 g/mol. The summed E-state index contributed by atoms with van der Waals surface area (Å²) in [5.41, 5.74) is 1.22. The maximum Gasteiger partial charge on any atom is 0.208 e. The third kappa shape index (κ3) is 4.37. The molecule has 2 aromatic rings. The Labute approximate surface area is 143 Å². The second kappa shape index (κ2) is 7.38. The quantitative estimate of drug-likeness (QED) is 0.860. The van der Waals surface area contributed by atoms with Crippen LogP contribution < -0.4 is 9.62 Å². The molecule has 0 radical (unpaired) electrons. The van der Waals surface area contributed by atoms with Gasteiger partial charge >= 0.3 is 0 Å². The summed E-state index contributed by atoms with van der Waals surface area (Å²) < 4.78 is 31.1. The molecule has 130 valence electrons. The van der Waals surface area contributed by atoms with Crippen LogP contribution in [0.5, 0.6) is 0 Å². The summed E-state index contributed by atoms with van der Waals surface area (Å²) in [5, 5.41) is 0. The van der Waals surface area contributed by atoms with Gasteiger partial charge in [-0.3, -0.25) is 4.90 Å². The lowest BCUT2D eigenvalue weighted by molar-refractivity contribution is 0.166. The molecule has 3 rings (SSSR count). The Bertz CT molecular complexity index is 724. The summed E-state index contributed by atoms with van der Waals surface area (Å²) in [6.45, 7) is 3.83. The van der Waals surface area contributed by atoms with E-state index < -0.39 is 10.0 Å². The SMILES string of the molecule is CS(=O)(=O)NC[C@@H](c1ccco1)N1CCN(c2ccccc2)CC1. The molecule has 0 amide bonds. The number of sulfonamides is 1. The van der Waals surface area contributed by atoms with E-state index in [0.717, 1.165) is 31.9 Å². The summed E-state index contributed by atoms with van der Waals surface area (Å²) in [6, 6.07) is 14.0. The predicted octanol–water partition coefficient (Wildman–Crippen LogP) is 1.69. The Morgan fingerprint density at radius 2 is 1.79 bits per heavy atom. The molecule has 1 aliphatic heterocycles. The molecule has 7 heteroatoms. The van der Waals surface area contributed by atoms with Crippen molar-refractivity contribution in [2.45, 2.75) is 6.04 Å². The molecular weight excluding hydrogens is 326 g/mol. The van der Waals surface area contributed by atoms with Gasteiger partial charge in [-0.25, -0.2) is 13.1 Å². The van der Waals surface area contributed by atoms with Gasteiger partial charge in [0, 0.05) is 38.4 Å². The van der Waals surface area contributed by atoms with Crippen LogP contribution in [-0.4, -0.2) is 52.3 Å². The van der Waals surface area contributed by atoms with Crippen molar-refractivity contribution in [2.24, 2.45) is 0 Å². The number of para-hydroxylation sites is 1. The normalized spacial score (nSPS) is 17.8. The number of nitrogens with zero attached hydrogens (tertiary/aromatic N) is 2. The van der Waals surface area contributed by atoms with Gasteiger partial charge in [-0.15, -0.1) is 0 Å². The van der Waals surface area contributed by atoms with Gasteiger partial charge in [0.1, 0.15) is 5.76 Å². The van der Waals surface area contributed by atoms with E-state index in [0.29, 0.717) is 6.54 Å². The molecule has 0 unspecified atom stereocenters. The van der Waals surface area contributed by atoms with Crippen molar-refractivity contribution in [1.82, 2.24) is 9.62 Å². The maximum absolute atomic E-state index is 11.5. The van der Waals surface area contributed by atoms with Crippen LogP contribution in [0, 0.1) is 0 Å². The minimum absolute atomic E-state index is 0.0901. The van der Waals surface area contributed by atoms with E-state index in [9.17, 15) is 8.42 Å². The summed E-state index contributed by atoms with van der Waals surface area (Å²) in [6.07, 6.45) is 2.81. The summed E-state index contributed by atoms with van der Waals surface area (Å²) in [7, 11) is -3.23. The van der Waals surface area contributed by atoms with Crippen molar-refractivity contribution < 1.29 is 12.8 Å². The molecular formula is C17H23N3O3S. The fourth-order valence-corrected chi connectivity index (χ4v) is 3.51. The van der Waals surface area contributed by atoms with Crippen molar-refractivity contribution in [2.75, 3.05) is 43.9 Å². The van der Waals surface area contributed by atoms with Gasteiger partial charge in [0.15, 0.2) is 0 Å². The number of benzene rings is 1. The highest BCUT2D eigenvalue weighted by atomic mass is 32.2. The highest BCUT2D eigenvalue weighted by molar-refractivity contribution is 7.88. The number of nitrogens with one attached hydrogen (secondary N) is 1. The van der Waals surface area contributed by atoms with Crippen molar-refractivity contribution >= 4 is 15.7 Å². The number of hydrogen-bond donors (Lipinski definition) is 1. The van der Waals surface area contributed by atoms with Crippen molar-refractivity contribution in [3.63, 3.8) is 0 Å². The third-order valence-corrected chi connectivity index (χ3v) is 4.98. The molecule has 24 heavy (non-hydrogen) atoms. The zero-order valence-corrected chi connectivity index (χ0v) is 14.6. The Hall–Kier alpha value is -1.83. The molecule has 1 saturated heterocycles. The van der Waals surface area contributed by atoms with E-state index in [4.69, 9.17) is 4.42 Å². The molecule has 1 N–H and O–H groups in total. The lowest BCUT2D eigenvalue weighted by Crippen LogP contribution is -2.49. The largest absolute Gasteiger partial charge is 0.468 e. The highest BCUT2D eigenvalue weighted by Crippen LogP contribution is 2.24. The number of piperazine rings is 1. The van der Waals surface area contributed by atoms with Crippen LogP contribution >= 0.6 is 0 Å². The van der Waals surface area contributed by atoms with Gasteiger partial charge in [-0.1, -0.05) is 18.2 Å². The molecule has 1 fully saturated rings. The molecule has 1 aliphatic rings. The van der Waals surface area contributed by atoms with E-state index in [-0.39, 0.29) is 6.04 Å². The average molecular weight is 349 g/mol. The molecule has 2 heterocycles. The zero-order chi connectivity index (χ0) is 17.0. The summed E-state index contributed by atoms with van der Waals surface area (Å²) >= 11 is 0. The highest BCUT2D eigenvalue weighted by Gasteiger charge is 2.27. The summed E-state index contributed by atoms with van der Waals surface area (Å²) in [4.78, 5) is 4.62. The molecule has 6 nitrogen and oxygen atoms in total. The molecule has 0 spiro atoms. The van der Waals surface area contributed by atoms with Crippen LogP contribution in [0.4, 0.5) is 5.69 Å². The van der Waals surface area contributed by atoms with E-state index in [1.807, 2.05) is 30.3 Å². The van der Waals surface area contributed by atoms with E-state index in [1.165, 1.54) is 11.9 Å². The third-order valence-electron chi connectivity index (χ3n) is 4.29. The maximum atomic E-state index is 11.5. The van der Waals surface area contributed by atoms with Gasteiger partial charge in [-0.2, -0.15) is 0 Å². The van der Waals surface area contributed by atoms with Crippen LogP contribution in [0.25, 0.3) is 0 Å². The van der Waals surface area contributed by atoms with Crippen LogP contribution in [0.3, 0.4) is 0 Å². The Kier molecular flexibility index (Phi) is 5.23. The Morgan fingerprint density at radius 1 is 1.08 bits per heavy atom. The Morgan fingerprint density at radius 3 is 2.38 bits per heavy atom. The predicted molar refractivity (Wildman–Crippen MR) is 94.5 cm³/mol. The minimum atomic E-state index is -3.23. The van der Waals surface area contributed by atoms with Gasteiger partial charge in [-0.05, 0) is 24.3 Å². The number of rotatable bonds is 6. The first-order chi connectivity index (χ1) is 11.5. The second-order valence-electron chi connectivity index (χ2n) is 6.01. The topological polar surface area (TPSA) is 65.8 Å². The van der Waals surface area contributed by atoms with E-state index in [1.54, 1.807) is 6.26 Å². The van der Waals surface area contributed by atoms with Crippen molar-refractivity contribution in [3.05, 3.63) is 54.5 Å². The lowest BCUT2D eigenvalue weighted by atomic mass is 10.1. The van der Waals surface area contributed by atoms with Gasteiger partial charge < -0.3 is 9.32 Å². The second-order valence-corrected chi connectivity index (χ2v) is 7.84. The Balaban J connectivity index is 1.66. The zero-order valence-electron chi connectivity index (χ0n) is 13.8. The minimum Gasteiger partial charge on any atom is -0.468 e. The number of anilines is 1. The smallest absolute Gasteiger partial charge is 0.208 e. The fourth-order valence-electron chi connectivity index (χ4n) is 3.05. The first-order valence-corrected chi connectivity index (χ1v) is 9.94. The van der Waals surface area contributed by atoms with Gasteiger partial charge in [0.25, 0.3) is 0 Å². The molecule has 0 saturated carbocycles. The molecule has 0 bridgehead atoms. The average Bonchev–Trinajstić information content (AvgIpc) is 3.10. The molecule has 1 aromatic heterocycles. The number of hydrogen-bond acceptors (Lipinski definition) is 5. The standard InChI is InChI=1S/C17H23N3O3S/c1-24(21,22)18-14-16(17-8-5-13-23-17)20-11-9-19(10-12-20)15-6-3-2-4-7-15/h2-8,13,16,18H,9-12,14H2,1H3/t16-/m0/s1. The fraction of sp³-hybridized carbons (Fsp3) is 0.412. The van der Waals surface area contributed by atoms with Crippen LogP contribution in [0.15, 0.2) is 53.1 Å². The van der Waals surface area contributed by atoms with Crippen LogP contribution in [0.1, 0.15) is 11.8 Å². The molecule has 0 aliphatic carbocycles. The lowest BCUT2D eigenvalue weighted by Gasteiger charge is -2.39. The van der Waals surface area contributed by atoms with E-state index in [2.05, 4.69) is 26.7 Å². The first-order valence-electron chi connectivity index (χ1n) is 8.05. The van der Waals surface area contributed by atoms with Crippen molar-refractivity contribution in [3.8, 4) is 0 Å². The molecule has 1 atom stereocenters. The van der Waals surface area contributed by atoms with E-state index >= 15 is 0 Å². The first kappa shape index (κ1) is 17.0. The number of furan rings is 1. The van der Waals surface area contributed by atoms with Gasteiger partial charge in [0.2, 0.25) is 10.0 Å². The van der Waals surface area contributed by atoms with Gasteiger partial charge in [0.05, 0.1) is 18.6 Å². The van der Waals surface area contributed by atoms with Crippen LogP contribution in [0.2, 0.25) is 0 Å².